The van der Waals surface area contributed by atoms with E-state index in [1.54, 1.807) is 0 Å². The molecule has 0 amide bonds. The maximum Gasteiger partial charge on any atom is 0.231 e. The van der Waals surface area contributed by atoms with E-state index in [1.807, 2.05) is 60.4 Å². The summed E-state index contributed by atoms with van der Waals surface area (Å²) in [5, 5.41) is 15.9. The number of rotatable bonds is 6. The molecular formula is C22H23BrN6O2. The van der Waals surface area contributed by atoms with Gasteiger partial charge in [0, 0.05) is 23.1 Å². The zero-order valence-electron chi connectivity index (χ0n) is 17.1. The Labute approximate surface area is 188 Å². The number of aromatic nitrogens is 2. The van der Waals surface area contributed by atoms with Crippen LogP contribution in [0.5, 0.6) is 0 Å². The Morgan fingerprint density at radius 1 is 1.26 bits per heavy atom. The van der Waals surface area contributed by atoms with Gasteiger partial charge in [0.05, 0.1) is 11.6 Å². The lowest BCUT2D eigenvalue weighted by molar-refractivity contribution is 0.130. The van der Waals surface area contributed by atoms with Gasteiger partial charge in [-0.25, -0.2) is 0 Å². The summed E-state index contributed by atoms with van der Waals surface area (Å²) in [4.78, 5) is 11.8. The van der Waals surface area contributed by atoms with Crippen molar-refractivity contribution in [3.05, 3.63) is 70.0 Å². The third-order valence-electron chi connectivity index (χ3n) is 5.23. The highest BCUT2D eigenvalue weighted by atomic mass is 79.9. The van der Waals surface area contributed by atoms with Gasteiger partial charge in [0.2, 0.25) is 11.7 Å². The molecule has 0 aliphatic carbocycles. The number of nitrogens with one attached hydrogen (secondary N) is 1. The quantitative estimate of drug-likeness (QED) is 0.310. The van der Waals surface area contributed by atoms with Gasteiger partial charge in [0.25, 0.3) is 0 Å². The SMILES string of the molecule is CC(=NOCc1ccc(Br)cc1)c1ccc(-c2noc([C@@H]3CCN(C(=N)N)C3)n2)cc1. The first-order valence-corrected chi connectivity index (χ1v) is 10.7. The Hall–Kier alpha value is -3.20. The second-order valence-electron chi connectivity index (χ2n) is 7.43. The summed E-state index contributed by atoms with van der Waals surface area (Å²) < 4.78 is 6.50. The number of hydrogen-bond donors (Lipinski definition) is 2. The van der Waals surface area contributed by atoms with E-state index in [4.69, 9.17) is 20.5 Å². The van der Waals surface area contributed by atoms with Crippen molar-refractivity contribution in [2.45, 2.75) is 25.9 Å². The number of benzene rings is 2. The average molecular weight is 483 g/mol. The van der Waals surface area contributed by atoms with Crippen LogP contribution in [-0.4, -0.2) is 39.8 Å². The molecule has 3 aromatic rings. The van der Waals surface area contributed by atoms with Crippen LogP contribution < -0.4 is 5.73 Å². The third kappa shape index (κ3) is 5.11. The fraction of sp³-hybridized carbons (Fsp3) is 0.273. The largest absolute Gasteiger partial charge is 0.391 e. The van der Waals surface area contributed by atoms with Crippen molar-refractivity contribution in [3.63, 3.8) is 0 Å². The van der Waals surface area contributed by atoms with Crippen LogP contribution in [0.1, 0.15) is 36.3 Å². The van der Waals surface area contributed by atoms with Gasteiger partial charge >= 0.3 is 0 Å². The van der Waals surface area contributed by atoms with Crippen molar-refractivity contribution in [2.75, 3.05) is 13.1 Å². The Balaban J connectivity index is 1.37. The number of likely N-dealkylation sites (tertiary alicyclic amines) is 1. The van der Waals surface area contributed by atoms with Crippen LogP contribution in [0, 0.1) is 5.41 Å². The molecule has 4 rings (SSSR count). The van der Waals surface area contributed by atoms with Crippen molar-refractivity contribution in [1.29, 1.82) is 5.41 Å². The Morgan fingerprint density at radius 3 is 2.68 bits per heavy atom. The molecule has 9 heteroatoms. The van der Waals surface area contributed by atoms with Crippen molar-refractivity contribution >= 4 is 27.6 Å². The molecule has 0 saturated carbocycles. The van der Waals surface area contributed by atoms with E-state index in [1.165, 1.54) is 0 Å². The first-order chi connectivity index (χ1) is 15.0. The van der Waals surface area contributed by atoms with Crippen LogP contribution in [0.4, 0.5) is 0 Å². The first-order valence-electron chi connectivity index (χ1n) is 9.94. The highest BCUT2D eigenvalue weighted by Gasteiger charge is 2.29. The predicted molar refractivity (Wildman–Crippen MR) is 122 cm³/mol. The number of oxime groups is 1. The lowest BCUT2D eigenvalue weighted by Crippen LogP contribution is -2.34. The Kier molecular flexibility index (Phi) is 6.31. The van der Waals surface area contributed by atoms with Gasteiger partial charge in [-0.05, 0) is 36.6 Å². The molecule has 1 atom stereocenters. The van der Waals surface area contributed by atoms with E-state index >= 15 is 0 Å². The van der Waals surface area contributed by atoms with Crippen molar-refractivity contribution < 1.29 is 9.36 Å². The number of hydrogen-bond acceptors (Lipinski definition) is 6. The number of guanidine groups is 1. The Bertz CT molecular complexity index is 1080. The van der Waals surface area contributed by atoms with Crippen molar-refractivity contribution in [3.8, 4) is 11.4 Å². The molecular weight excluding hydrogens is 460 g/mol. The van der Waals surface area contributed by atoms with Crippen LogP contribution in [0.2, 0.25) is 0 Å². The van der Waals surface area contributed by atoms with E-state index in [2.05, 4.69) is 31.2 Å². The fourth-order valence-electron chi connectivity index (χ4n) is 3.40. The normalized spacial score (nSPS) is 16.5. The summed E-state index contributed by atoms with van der Waals surface area (Å²) in [6.45, 7) is 3.68. The fourth-order valence-corrected chi connectivity index (χ4v) is 3.66. The number of nitrogens with zero attached hydrogens (tertiary/aromatic N) is 4. The summed E-state index contributed by atoms with van der Waals surface area (Å²) >= 11 is 3.42. The van der Waals surface area contributed by atoms with E-state index in [0.717, 1.165) is 39.8 Å². The van der Waals surface area contributed by atoms with Gasteiger partial charge < -0.3 is 20.0 Å². The van der Waals surface area contributed by atoms with Gasteiger partial charge in [0.15, 0.2) is 5.96 Å². The molecule has 0 bridgehead atoms. The van der Waals surface area contributed by atoms with Gasteiger partial charge in [-0.3, -0.25) is 5.41 Å². The van der Waals surface area contributed by atoms with Crippen LogP contribution in [0.3, 0.4) is 0 Å². The summed E-state index contributed by atoms with van der Waals surface area (Å²) in [6, 6.07) is 15.7. The highest BCUT2D eigenvalue weighted by molar-refractivity contribution is 9.10. The highest BCUT2D eigenvalue weighted by Crippen LogP contribution is 2.27. The molecule has 2 aromatic carbocycles. The second-order valence-corrected chi connectivity index (χ2v) is 8.34. The molecule has 0 radical (unpaired) electrons. The molecule has 160 valence electrons. The lowest BCUT2D eigenvalue weighted by atomic mass is 10.1. The average Bonchev–Trinajstić information content (AvgIpc) is 3.45. The molecule has 0 unspecified atom stereocenters. The minimum atomic E-state index is 0.0793. The van der Waals surface area contributed by atoms with Crippen LogP contribution in [-0.2, 0) is 11.4 Å². The predicted octanol–water partition coefficient (Wildman–Crippen LogP) is 4.12. The van der Waals surface area contributed by atoms with E-state index in [-0.39, 0.29) is 11.9 Å². The van der Waals surface area contributed by atoms with E-state index in [9.17, 15) is 0 Å². The molecule has 31 heavy (non-hydrogen) atoms. The summed E-state index contributed by atoms with van der Waals surface area (Å²) in [5.74, 6) is 1.31. The lowest BCUT2D eigenvalue weighted by Gasteiger charge is -2.14. The standard InChI is InChI=1S/C22H23BrN6O2/c1-14(27-30-13-15-2-8-19(23)9-3-15)16-4-6-17(7-5-16)20-26-21(31-28-20)18-10-11-29(12-18)22(24)25/h2-9,18H,10-13H2,1H3,(H3,24,25)/t18-/m1/s1. The van der Waals surface area contributed by atoms with Crippen molar-refractivity contribution in [2.24, 2.45) is 10.9 Å². The zero-order chi connectivity index (χ0) is 21.8. The number of halogens is 1. The van der Waals surface area contributed by atoms with Gasteiger partial charge in [-0.2, -0.15) is 4.98 Å². The van der Waals surface area contributed by atoms with Crippen LogP contribution in [0.25, 0.3) is 11.4 Å². The molecule has 1 aromatic heterocycles. The molecule has 1 fully saturated rings. The third-order valence-corrected chi connectivity index (χ3v) is 5.76. The molecule has 1 saturated heterocycles. The van der Waals surface area contributed by atoms with E-state index < -0.39 is 0 Å². The molecule has 0 spiro atoms. The molecule has 3 N–H and O–H groups in total. The molecule has 8 nitrogen and oxygen atoms in total. The molecule has 1 aliphatic heterocycles. The Morgan fingerprint density at radius 2 is 2.00 bits per heavy atom. The topological polar surface area (TPSA) is 114 Å². The second kappa shape index (κ2) is 9.30. The van der Waals surface area contributed by atoms with E-state index in [0.29, 0.717) is 24.9 Å². The van der Waals surface area contributed by atoms with Gasteiger partial charge in [0.1, 0.15) is 6.61 Å². The summed E-state index contributed by atoms with van der Waals surface area (Å²) in [5.41, 5.74) is 9.22. The minimum Gasteiger partial charge on any atom is -0.391 e. The maximum absolute atomic E-state index is 7.55. The maximum atomic E-state index is 7.55. The molecule has 1 aliphatic rings. The van der Waals surface area contributed by atoms with Crippen molar-refractivity contribution in [1.82, 2.24) is 15.0 Å². The van der Waals surface area contributed by atoms with Gasteiger partial charge in [-0.1, -0.05) is 62.6 Å². The first kappa shape index (κ1) is 21.0. The van der Waals surface area contributed by atoms with Crippen LogP contribution in [0.15, 0.2) is 62.7 Å². The monoisotopic (exact) mass is 482 g/mol. The molecule has 2 heterocycles. The van der Waals surface area contributed by atoms with Gasteiger partial charge in [-0.15, -0.1) is 0 Å². The van der Waals surface area contributed by atoms with Crippen LogP contribution >= 0.6 is 15.9 Å². The minimum absolute atomic E-state index is 0.0793. The smallest absolute Gasteiger partial charge is 0.231 e. The summed E-state index contributed by atoms with van der Waals surface area (Å²) in [6.07, 6.45) is 0.843. The zero-order valence-corrected chi connectivity index (χ0v) is 18.7. The summed E-state index contributed by atoms with van der Waals surface area (Å²) in [7, 11) is 0. The number of nitrogens with two attached hydrogens (primary N) is 1.